The quantitative estimate of drug-likeness (QED) is 0.788. The average molecular weight is 212 g/mol. The molecule has 0 aliphatic carbocycles. The van der Waals surface area contributed by atoms with Crippen LogP contribution in [0.15, 0.2) is 23.8 Å². The van der Waals surface area contributed by atoms with Gasteiger partial charge >= 0.3 is 0 Å². The summed E-state index contributed by atoms with van der Waals surface area (Å²) in [6, 6.07) is 3.61. The van der Waals surface area contributed by atoms with Gasteiger partial charge in [-0.2, -0.15) is 0 Å². The molecule has 0 bridgehead atoms. The fourth-order valence-electron chi connectivity index (χ4n) is 0.997. The number of nitrogen functional groups attached to an aromatic ring is 1. The van der Waals surface area contributed by atoms with Gasteiger partial charge in [0.25, 0.3) is 0 Å². The second kappa shape index (κ2) is 3.32. The van der Waals surface area contributed by atoms with E-state index in [9.17, 15) is 0 Å². The van der Waals surface area contributed by atoms with Crippen molar-refractivity contribution in [3.8, 4) is 11.3 Å². The van der Waals surface area contributed by atoms with Gasteiger partial charge in [0.1, 0.15) is 16.5 Å². The summed E-state index contributed by atoms with van der Waals surface area (Å²) < 4.78 is 0.720. The molecule has 3 nitrogen and oxygen atoms in total. The average Bonchev–Trinajstić information content (AvgIpc) is 2.51. The van der Waals surface area contributed by atoms with Gasteiger partial charge in [0.05, 0.1) is 5.69 Å². The minimum Gasteiger partial charge on any atom is -0.384 e. The van der Waals surface area contributed by atoms with Gasteiger partial charge in [0, 0.05) is 11.6 Å². The fourth-order valence-corrected chi connectivity index (χ4v) is 1.93. The van der Waals surface area contributed by atoms with Crippen LogP contribution in [-0.2, 0) is 0 Å². The summed E-state index contributed by atoms with van der Waals surface area (Å²) in [5.74, 6) is 0.451. The molecule has 0 saturated heterocycles. The van der Waals surface area contributed by atoms with Crippen LogP contribution in [-0.4, -0.2) is 9.97 Å². The highest BCUT2D eigenvalue weighted by molar-refractivity contribution is 7.15. The third-order valence-corrected chi connectivity index (χ3v) is 2.75. The highest BCUT2D eigenvalue weighted by Gasteiger charge is 2.05. The molecule has 0 aliphatic rings. The van der Waals surface area contributed by atoms with Crippen LogP contribution in [0.2, 0.25) is 4.34 Å². The Labute approximate surface area is 84.2 Å². The maximum absolute atomic E-state index is 5.94. The van der Waals surface area contributed by atoms with Crippen LogP contribution in [0.5, 0.6) is 0 Å². The molecule has 2 rings (SSSR count). The van der Waals surface area contributed by atoms with Gasteiger partial charge in [0.15, 0.2) is 0 Å². The summed E-state index contributed by atoms with van der Waals surface area (Å²) in [5, 5.41) is 1.91. The molecule has 0 aromatic carbocycles. The predicted octanol–water partition coefficient (Wildman–Crippen LogP) is 2.44. The van der Waals surface area contributed by atoms with Gasteiger partial charge < -0.3 is 5.73 Å². The maximum Gasteiger partial charge on any atom is 0.127 e. The summed E-state index contributed by atoms with van der Waals surface area (Å²) in [6.07, 6.45) is 1.43. The maximum atomic E-state index is 5.94. The zero-order chi connectivity index (χ0) is 9.26. The summed E-state index contributed by atoms with van der Waals surface area (Å²) in [7, 11) is 0. The first-order valence-electron chi connectivity index (χ1n) is 3.58. The highest BCUT2D eigenvalue weighted by atomic mass is 35.5. The Morgan fingerprint density at radius 1 is 1.38 bits per heavy atom. The lowest BCUT2D eigenvalue weighted by Gasteiger charge is -1.97. The lowest BCUT2D eigenvalue weighted by molar-refractivity contribution is 1.18. The van der Waals surface area contributed by atoms with Crippen LogP contribution in [0.25, 0.3) is 11.3 Å². The molecule has 2 aromatic rings. The van der Waals surface area contributed by atoms with E-state index in [-0.39, 0.29) is 0 Å². The molecule has 0 saturated carbocycles. The SMILES string of the molecule is Nc1cc(-c2ccsc2Cl)ncn1. The molecule has 0 unspecified atom stereocenters. The van der Waals surface area contributed by atoms with Crippen LogP contribution < -0.4 is 5.73 Å². The van der Waals surface area contributed by atoms with E-state index < -0.39 is 0 Å². The molecule has 13 heavy (non-hydrogen) atoms. The van der Waals surface area contributed by atoms with Crippen molar-refractivity contribution in [1.82, 2.24) is 9.97 Å². The number of hydrogen-bond donors (Lipinski definition) is 1. The van der Waals surface area contributed by atoms with E-state index in [0.717, 1.165) is 15.6 Å². The molecule has 0 fully saturated rings. The fraction of sp³-hybridized carbons (Fsp3) is 0. The molecular formula is C8H6ClN3S. The van der Waals surface area contributed by atoms with E-state index >= 15 is 0 Å². The van der Waals surface area contributed by atoms with Crippen LogP contribution in [0.4, 0.5) is 5.82 Å². The van der Waals surface area contributed by atoms with Gasteiger partial charge in [0.2, 0.25) is 0 Å². The Morgan fingerprint density at radius 3 is 2.85 bits per heavy atom. The first-order chi connectivity index (χ1) is 6.27. The Morgan fingerprint density at radius 2 is 2.23 bits per heavy atom. The first kappa shape index (κ1) is 8.47. The molecule has 0 aliphatic heterocycles. The van der Waals surface area contributed by atoms with Crippen molar-refractivity contribution >= 4 is 28.8 Å². The number of nitrogens with two attached hydrogens (primary N) is 1. The van der Waals surface area contributed by atoms with Crippen molar-refractivity contribution in [3.05, 3.63) is 28.2 Å². The van der Waals surface area contributed by atoms with Crippen LogP contribution in [0, 0.1) is 0 Å². The molecule has 5 heteroatoms. The Kier molecular flexibility index (Phi) is 2.16. The highest BCUT2D eigenvalue weighted by Crippen LogP contribution is 2.31. The van der Waals surface area contributed by atoms with E-state index in [0.29, 0.717) is 5.82 Å². The lowest BCUT2D eigenvalue weighted by Crippen LogP contribution is -1.91. The molecule has 2 aromatic heterocycles. The van der Waals surface area contributed by atoms with E-state index in [1.807, 2.05) is 11.4 Å². The van der Waals surface area contributed by atoms with Crippen molar-refractivity contribution in [2.24, 2.45) is 0 Å². The second-order valence-electron chi connectivity index (χ2n) is 2.44. The van der Waals surface area contributed by atoms with Gasteiger partial charge in [-0.25, -0.2) is 9.97 Å². The Hall–Kier alpha value is -1.13. The van der Waals surface area contributed by atoms with Crippen LogP contribution in [0.1, 0.15) is 0 Å². The van der Waals surface area contributed by atoms with Gasteiger partial charge in [-0.15, -0.1) is 11.3 Å². The number of hydrogen-bond acceptors (Lipinski definition) is 4. The molecule has 2 N–H and O–H groups in total. The van der Waals surface area contributed by atoms with Crippen LogP contribution in [0.3, 0.4) is 0 Å². The standard InChI is InChI=1S/C8H6ClN3S/c9-8-5(1-2-13-8)6-3-7(10)12-4-11-6/h1-4H,(H2,10,11,12). The Bertz CT molecular complexity index is 427. The van der Waals surface area contributed by atoms with Crippen molar-refractivity contribution in [3.63, 3.8) is 0 Å². The van der Waals surface area contributed by atoms with Crippen molar-refractivity contribution in [2.45, 2.75) is 0 Å². The number of halogens is 1. The summed E-state index contributed by atoms with van der Waals surface area (Å²) in [5.41, 5.74) is 7.19. The zero-order valence-corrected chi connectivity index (χ0v) is 8.14. The number of thiophene rings is 1. The van der Waals surface area contributed by atoms with Crippen molar-refractivity contribution in [2.75, 3.05) is 5.73 Å². The normalized spacial score (nSPS) is 10.2. The topological polar surface area (TPSA) is 51.8 Å². The molecule has 2 heterocycles. The van der Waals surface area contributed by atoms with E-state index in [4.69, 9.17) is 17.3 Å². The van der Waals surface area contributed by atoms with Crippen molar-refractivity contribution in [1.29, 1.82) is 0 Å². The molecule has 0 atom stereocenters. The number of nitrogens with zero attached hydrogens (tertiary/aromatic N) is 2. The smallest absolute Gasteiger partial charge is 0.127 e. The predicted molar refractivity (Wildman–Crippen MR) is 54.8 cm³/mol. The van der Waals surface area contributed by atoms with Gasteiger partial charge in [-0.1, -0.05) is 11.6 Å². The van der Waals surface area contributed by atoms with E-state index in [1.165, 1.54) is 17.7 Å². The monoisotopic (exact) mass is 211 g/mol. The van der Waals surface area contributed by atoms with Gasteiger partial charge in [-0.3, -0.25) is 0 Å². The molecular weight excluding hydrogens is 206 g/mol. The summed E-state index contributed by atoms with van der Waals surface area (Å²) in [4.78, 5) is 7.88. The third kappa shape index (κ3) is 1.64. The summed E-state index contributed by atoms with van der Waals surface area (Å²) >= 11 is 7.41. The second-order valence-corrected chi connectivity index (χ2v) is 3.95. The minimum absolute atomic E-state index is 0.451. The zero-order valence-electron chi connectivity index (χ0n) is 6.57. The van der Waals surface area contributed by atoms with Gasteiger partial charge in [-0.05, 0) is 11.4 Å². The molecule has 0 amide bonds. The summed E-state index contributed by atoms with van der Waals surface area (Å²) in [6.45, 7) is 0. The largest absolute Gasteiger partial charge is 0.384 e. The minimum atomic E-state index is 0.451. The molecule has 0 spiro atoms. The lowest BCUT2D eigenvalue weighted by atomic mass is 10.2. The van der Waals surface area contributed by atoms with Crippen molar-refractivity contribution < 1.29 is 0 Å². The number of aromatic nitrogens is 2. The van der Waals surface area contributed by atoms with E-state index in [2.05, 4.69) is 9.97 Å². The molecule has 66 valence electrons. The first-order valence-corrected chi connectivity index (χ1v) is 4.84. The number of anilines is 1. The van der Waals surface area contributed by atoms with Crippen LogP contribution >= 0.6 is 22.9 Å². The van der Waals surface area contributed by atoms with E-state index in [1.54, 1.807) is 6.07 Å². The number of rotatable bonds is 1. The third-order valence-electron chi connectivity index (χ3n) is 1.58. The molecule has 0 radical (unpaired) electrons. The Balaban J connectivity index is 2.53.